The highest BCUT2D eigenvalue weighted by molar-refractivity contribution is 7.98. The van der Waals surface area contributed by atoms with Gasteiger partial charge in [-0.1, -0.05) is 47.7 Å². The van der Waals surface area contributed by atoms with E-state index in [0.717, 1.165) is 17.4 Å². The molecule has 0 bridgehead atoms. The van der Waals surface area contributed by atoms with E-state index in [1.165, 1.54) is 23.9 Å². The Morgan fingerprint density at radius 3 is 2.48 bits per heavy atom. The van der Waals surface area contributed by atoms with Gasteiger partial charge in [0.05, 0.1) is 5.56 Å². The van der Waals surface area contributed by atoms with Crippen LogP contribution in [0.5, 0.6) is 5.75 Å². The lowest BCUT2D eigenvalue weighted by molar-refractivity contribution is -0.137. The number of aryl methyl sites for hydroxylation is 1. The summed E-state index contributed by atoms with van der Waals surface area (Å²) >= 11 is 1.36. The summed E-state index contributed by atoms with van der Waals surface area (Å²) in [5.41, 5.74) is 1.09. The monoisotopic (exact) mass is 421 g/mol. The molecular formula is C21H22F3N3OS. The standard InChI is InChI=1S/C21H22F3N3OS/c1-4-27-19(15(3)28-18-10-8-14(2)9-11-18)25-26-20(27)29-13-16-6-5-7-17(12-16)21(22,23)24/h5-12,15H,4,13H2,1-3H3. The maximum atomic E-state index is 12.9. The number of benzene rings is 2. The number of halogens is 3. The second-order valence-electron chi connectivity index (χ2n) is 6.64. The van der Waals surface area contributed by atoms with Gasteiger partial charge in [-0.15, -0.1) is 10.2 Å². The van der Waals surface area contributed by atoms with E-state index in [9.17, 15) is 13.2 Å². The number of hydrogen-bond donors (Lipinski definition) is 0. The van der Waals surface area contributed by atoms with Crippen LogP contribution in [0, 0.1) is 6.92 Å². The van der Waals surface area contributed by atoms with E-state index in [0.29, 0.717) is 28.8 Å². The minimum atomic E-state index is -4.35. The van der Waals surface area contributed by atoms with Crippen LogP contribution in [0.1, 0.15) is 42.5 Å². The Morgan fingerprint density at radius 1 is 1.10 bits per heavy atom. The Bertz CT molecular complexity index is 955. The maximum absolute atomic E-state index is 12.9. The van der Waals surface area contributed by atoms with E-state index in [-0.39, 0.29) is 6.10 Å². The maximum Gasteiger partial charge on any atom is 0.416 e. The van der Waals surface area contributed by atoms with Gasteiger partial charge in [0.1, 0.15) is 5.75 Å². The topological polar surface area (TPSA) is 39.9 Å². The van der Waals surface area contributed by atoms with Crippen molar-refractivity contribution >= 4 is 11.8 Å². The molecule has 1 heterocycles. The van der Waals surface area contributed by atoms with Crippen LogP contribution in [-0.2, 0) is 18.5 Å². The molecule has 2 aromatic carbocycles. The molecule has 1 atom stereocenters. The predicted octanol–water partition coefficient (Wildman–Crippen LogP) is 6.06. The molecule has 0 saturated carbocycles. The van der Waals surface area contributed by atoms with Gasteiger partial charge in [0.25, 0.3) is 0 Å². The highest BCUT2D eigenvalue weighted by atomic mass is 32.2. The molecule has 4 nitrogen and oxygen atoms in total. The lowest BCUT2D eigenvalue weighted by Gasteiger charge is -2.15. The van der Waals surface area contributed by atoms with E-state index in [2.05, 4.69) is 10.2 Å². The third kappa shape index (κ3) is 5.32. The zero-order valence-electron chi connectivity index (χ0n) is 16.4. The molecule has 0 fully saturated rings. The van der Waals surface area contributed by atoms with Gasteiger partial charge in [0.15, 0.2) is 17.1 Å². The molecule has 0 aliphatic carbocycles. The van der Waals surface area contributed by atoms with Crippen LogP contribution in [0.2, 0.25) is 0 Å². The fourth-order valence-corrected chi connectivity index (χ4v) is 3.82. The van der Waals surface area contributed by atoms with Crippen molar-refractivity contribution in [2.75, 3.05) is 0 Å². The third-order valence-corrected chi connectivity index (χ3v) is 5.42. The summed E-state index contributed by atoms with van der Waals surface area (Å²) in [4.78, 5) is 0. The van der Waals surface area contributed by atoms with Crippen molar-refractivity contribution in [3.63, 3.8) is 0 Å². The molecule has 3 aromatic rings. The molecule has 0 saturated heterocycles. The van der Waals surface area contributed by atoms with Crippen molar-refractivity contribution in [1.82, 2.24) is 14.8 Å². The van der Waals surface area contributed by atoms with E-state index in [1.807, 2.05) is 49.6 Å². The molecule has 0 aliphatic rings. The first kappa shape index (κ1) is 21.2. The molecule has 0 amide bonds. The first-order valence-corrected chi connectivity index (χ1v) is 10.2. The first-order valence-electron chi connectivity index (χ1n) is 9.23. The summed E-state index contributed by atoms with van der Waals surface area (Å²) in [6.45, 7) is 6.51. The largest absolute Gasteiger partial charge is 0.483 e. The quantitative estimate of drug-likeness (QED) is 0.435. The summed E-state index contributed by atoms with van der Waals surface area (Å²) < 4.78 is 46.6. The zero-order chi connectivity index (χ0) is 21.0. The van der Waals surface area contributed by atoms with Crippen LogP contribution in [0.4, 0.5) is 13.2 Å². The Kier molecular flexibility index (Phi) is 6.52. The van der Waals surface area contributed by atoms with Crippen LogP contribution in [0.3, 0.4) is 0 Å². The van der Waals surface area contributed by atoms with Gasteiger partial charge in [-0.2, -0.15) is 13.2 Å². The molecule has 0 N–H and O–H groups in total. The summed E-state index contributed by atoms with van der Waals surface area (Å²) in [5.74, 6) is 1.79. The first-order chi connectivity index (χ1) is 13.8. The molecule has 154 valence electrons. The van der Waals surface area contributed by atoms with E-state index >= 15 is 0 Å². The van der Waals surface area contributed by atoms with Crippen LogP contribution >= 0.6 is 11.8 Å². The van der Waals surface area contributed by atoms with Crippen LogP contribution in [0.25, 0.3) is 0 Å². The molecule has 29 heavy (non-hydrogen) atoms. The highest BCUT2D eigenvalue weighted by Gasteiger charge is 2.30. The molecule has 0 aliphatic heterocycles. The molecule has 3 rings (SSSR count). The van der Waals surface area contributed by atoms with Gasteiger partial charge in [-0.25, -0.2) is 0 Å². The highest BCUT2D eigenvalue weighted by Crippen LogP contribution is 2.31. The van der Waals surface area contributed by atoms with Gasteiger partial charge in [-0.3, -0.25) is 0 Å². The molecule has 0 spiro atoms. The zero-order valence-corrected chi connectivity index (χ0v) is 17.2. The smallest absolute Gasteiger partial charge is 0.416 e. The van der Waals surface area contributed by atoms with Gasteiger partial charge in [0.2, 0.25) is 0 Å². The van der Waals surface area contributed by atoms with Crippen molar-refractivity contribution < 1.29 is 17.9 Å². The number of alkyl halides is 3. The van der Waals surface area contributed by atoms with Crippen molar-refractivity contribution in [3.8, 4) is 5.75 Å². The van der Waals surface area contributed by atoms with Crippen molar-refractivity contribution in [2.24, 2.45) is 0 Å². The van der Waals surface area contributed by atoms with Crippen molar-refractivity contribution in [2.45, 2.75) is 50.5 Å². The van der Waals surface area contributed by atoms with Crippen LogP contribution in [-0.4, -0.2) is 14.8 Å². The van der Waals surface area contributed by atoms with Crippen LogP contribution in [0.15, 0.2) is 53.7 Å². The van der Waals surface area contributed by atoms with Crippen molar-refractivity contribution in [1.29, 1.82) is 0 Å². The molecule has 0 radical (unpaired) electrons. The number of rotatable bonds is 7. The Hall–Kier alpha value is -2.48. The number of ether oxygens (including phenoxy) is 1. The average Bonchev–Trinajstić information content (AvgIpc) is 3.11. The second kappa shape index (κ2) is 8.90. The number of nitrogens with zero attached hydrogens (tertiary/aromatic N) is 3. The van der Waals surface area contributed by atoms with E-state index in [1.54, 1.807) is 6.07 Å². The predicted molar refractivity (Wildman–Crippen MR) is 107 cm³/mol. The molecule has 1 aromatic heterocycles. The second-order valence-corrected chi connectivity index (χ2v) is 7.59. The van der Waals surface area contributed by atoms with E-state index in [4.69, 9.17) is 4.74 Å². The molecular weight excluding hydrogens is 399 g/mol. The Balaban J connectivity index is 1.71. The summed E-state index contributed by atoms with van der Waals surface area (Å²) in [6, 6.07) is 13.1. The summed E-state index contributed by atoms with van der Waals surface area (Å²) in [6.07, 6.45) is -4.66. The van der Waals surface area contributed by atoms with Gasteiger partial charge in [-0.05, 0) is 44.5 Å². The van der Waals surface area contributed by atoms with Crippen molar-refractivity contribution in [3.05, 3.63) is 71.0 Å². The number of aromatic nitrogens is 3. The Labute approximate surface area is 172 Å². The Morgan fingerprint density at radius 2 is 1.83 bits per heavy atom. The summed E-state index contributed by atoms with van der Waals surface area (Å²) in [7, 11) is 0. The molecule has 1 unspecified atom stereocenters. The lowest BCUT2D eigenvalue weighted by Crippen LogP contribution is -2.12. The number of thioether (sulfide) groups is 1. The fraction of sp³-hybridized carbons (Fsp3) is 0.333. The van der Waals surface area contributed by atoms with Crippen LogP contribution < -0.4 is 4.74 Å². The number of hydrogen-bond acceptors (Lipinski definition) is 4. The minimum Gasteiger partial charge on any atom is -0.483 e. The minimum absolute atomic E-state index is 0.312. The average molecular weight is 421 g/mol. The third-order valence-electron chi connectivity index (χ3n) is 4.38. The summed E-state index contributed by atoms with van der Waals surface area (Å²) in [5, 5.41) is 9.13. The fourth-order valence-electron chi connectivity index (χ4n) is 2.86. The SMILES string of the molecule is CCn1c(SCc2cccc(C(F)(F)F)c2)nnc1C(C)Oc1ccc(C)cc1. The van der Waals surface area contributed by atoms with Gasteiger partial charge in [0, 0.05) is 12.3 Å². The van der Waals surface area contributed by atoms with E-state index < -0.39 is 11.7 Å². The lowest BCUT2D eigenvalue weighted by atomic mass is 10.1. The van der Waals surface area contributed by atoms with Gasteiger partial charge < -0.3 is 9.30 Å². The van der Waals surface area contributed by atoms with Gasteiger partial charge >= 0.3 is 6.18 Å². The normalized spacial score (nSPS) is 12.8. The molecule has 8 heteroatoms.